The van der Waals surface area contributed by atoms with Gasteiger partial charge in [-0.05, 0) is 42.8 Å². The number of aryl methyl sites for hydroxylation is 1. The van der Waals surface area contributed by atoms with Crippen LogP contribution in [0.4, 0.5) is 5.69 Å². The third-order valence-electron chi connectivity index (χ3n) is 3.70. The average Bonchev–Trinajstić information content (AvgIpc) is 2.60. The second-order valence-corrected chi connectivity index (χ2v) is 6.30. The van der Waals surface area contributed by atoms with E-state index >= 15 is 0 Å². The molecule has 0 heterocycles. The Morgan fingerprint density at radius 2 is 1.74 bits per heavy atom. The molecule has 7 nitrogen and oxygen atoms in total. The molecule has 0 aliphatic rings. The summed E-state index contributed by atoms with van der Waals surface area (Å²) >= 11 is 5.87. The van der Waals surface area contributed by atoms with Crippen LogP contribution in [0.25, 0.3) is 5.70 Å². The van der Waals surface area contributed by atoms with E-state index in [0.717, 1.165) is 11.6 Å². The molecule has 0 radical (unpaired) electrons. The molecule has 0 fully saturated rings. The van der Waals surface area contributed by atoms with Gasteiger partial charge in [-0.3, -0.25) is 20.4 Å². The summed E-state index contributed by atoms with van der Waals surface area (Å²) in [5, 5.41) is 22.3. The highest BCUT2D eigenvalue weighted by Crippen LogP contribution is 2.26. The van der Waals surface area contributed by atoms with E-state index in [0.29, 0.717) is 16.3 Å². The first kappa shape index (κ1) is 20.1. The van der Waals surface area contributed by atoms with Crippen molar-refractivity contribution in [2.24, 2.45) is 0 Å². The van der Waals surface area contributed by atoms with Gasteiger partial charge in [0.2, 0.25) is 11.8 Å². The van der Waals surface area contributed by atoms with Crippen LogP contribution in [0.1, 0.15) is 24.0 Å². The highest BCUT2D eigenvalue weighted by atomic mass is 35.5. The van der Waals surface area contributed by atoms with Crippen LogP contribution in [0.5, 0.6) is 11.5 Å². The Kier molecular flexibility index (Phi) is 6.67. The number of carbonyl (C=O) groups excluding carboxylic acids is 2. The van der Waals surface area contributed by atoms with E-state index in [1.165, 1.54) is 12.1 Å². The van der Waals surface area contributed by atoms with E-state index in [9.17, 15) is 19.8 Å². The van der Waals surface area contributed by atoms with Crippen molar-refractivity contribution in [3.8, 4) is 11.5 Å². The summed E-state index contributed by atoms with van der Waals surface area (Å²) in [6.45, 7) is 5.52. The minimum atomic E-state index is -0.419. The van der Waals surface area contributed by atoms with E-state index in [1.807, 2.05) is 6.92 Å². The SMILES string of the molecule is C=C(NNC(=O)CCC(=O)Nc1ccc(Cl)cc1C)c1ccc(O)cc1O. The maximum atomic E-state index is 12.0. The molecule has 5 N–H and O–H groups in total. The molecular weight excluding hydrogens is 370 g/mol. The summed E-state index contributed by atoms with van der Waals surface area (Å²) in [5.74, 6) is -0.988. The standard InChI is InChI=1S/C19H20ClN3O4/c1-11-9-13(20)3-6-16(11)21-18(26)7-8-19(27)23-22-12(2)15-5-4-14(24)10-17(15)25/h3-6,9-10,22,24-25H,2,7-8H2,1H3,(H,21,26)(H,23,27). The normalized spacial score (nSPS) is 10.1. The number of rotatable bonds is 7. The number of benzene rings is 2. The van der Waals surface area contributed by atoms with Crippen LogP contribution in [0.15, 0.2) is 43.0 Å². The first-order valence-corrected chi connectivity index (χ1v) is 8.46. The van der Waals surface area contributed by atoms with Crippen LogP contribution in [0.2, 0.25) is 5.02 Å². The van der Waals surface area contributed by atoms with Crippen molar-refractivity contribution in [2.75, 3.05) is 5.32 Å². The molecule has 2 aromatic carbocycles. The molecule has 0 aliphatic carbocycles. The fourth-order valence-electron chi connectivity index (χ4n) is 2.26. The minimum absolute atomic E-state index is 0.00743. The zero-order chi connectivity index (χ0) is 20.0. The zero-order valence-corrected chi connectivity index (χ0v) is 15.4. The number of amides is 2. The lowest BCUT2D eigenvalue weighted by Crippen LogP contribution is -2.36. The average molecular weight is 390 g/mol. The lowest BCUT2D eigenvalue weighted by Gasteiger charge is -2.13. The number of nitrogens with one attached hydrogen (secondary N) is 3. The molecule has 0 saturated heterocycles. The predicted molar refractivity (Wildman–Crippen MR) is 104 cm³/mol. The molecule has 2 amide bonds. The van der Waals surface area contributed by atoms with Gasteiger partial charge >= 0.3 is 0 Å². The number of aromatic hydroxyl groups is 2. The fourth-order valence-corrected chi connectivity index (χ4v) is 2.48. The van der Waals surface area contributed by atoms with Crippen molar-refractivity contribution >= 4 is 34.8 Å². The number of hydrazine groups is 1. The Morgan fingerprint density at radius 3 is 2.41 bits per heavy atom. The summed E-state index contributed by atoms with van der Waals surface area (Å²) < 4.78 is 0. The summed E-state index contributed by atoms with van der Waals surface area (Å²) in [7, 11) is 0. The predicted octanol–water partition coefficient (Wildman–Crippen LogP) is 3.07. The summed E-state index contributed by atoms with van der Waals surface area (Å²) in [4.78, 5) is 23.8. The Balaban J connectivity index is 1.78. The van der Waals surface area contributed by atoms with Gasteiger partial charge in [0.15, 0.2) is 0 Å². The van der Waals surface area contributed by atoms with Gasteiger partial charge in [-0.2, -0.15) is 0 Å². The van der Waals surface area contributed by atoms with Crippen LogP contribution < -0.4 is 16.2 Å². The number of hydrogen-bond acceptors (Lipinski definition) is 5. The third kappa shape index (κ3) is 5.93. The Hall–Kier alpha value is -3.19. The van der Waals surface area contributed by atoms with E-state index in [4.69, 9.17) is 11.6 Å². The number of phenolic OH excluding ortho intramolecular Hbond substituents is 2. The molecule has 2 rings (SSSR count). The van der Waals surface area contributed by atoms with Gasteiger partial charge in [0.05, 0.1) is 5.70 Å². The molecule has 0 saturated carbocycles. The second kappa shape index (κ2) is 8.95. The molecule has 0 unspecified atom stereocenters. The molecule has 142 valence electrons. The van der Waals surface area contributed by atoms with Gasteiger partial charge in [0.1, 0.15) is 11.5 Å². The van der Waals surface area contributed by atoms with Gasteiger partial charge in [0.25, 0.3) is 0 Å². The maximum Gasteiger partial charge on any atom is 0.238 e. The monoisotopic (exact) mass is 389 g/mol. The number of carbonyl (C=O) groups is 2. The van der Waals surface area contributed by atoms with Crippen molar-refractivity contribution in [1.82, 2.24) is 10.9 Å². The Morgan fingerprint density at radius 1 is 1.04 bits per heavy atom. The van der Waals surface area contributed by atoms with Crippen molar-refractivity contribution < 1.29 is 19.8 Å². The first-order valence-electron chi connectivity index (χ1n) is 8.08. The zero-order valence-electron chi connectivity index (χ0n) is 14.7. The lowest BCUT2D eigenvalue weighted by molar-refractivity contribution is -0.124. The molecule has 0 atom stereocenters. The quantitative estimate of drug-likeness (QED) is 0.467. The molecule has 27 heavy (non-hydrogen) atoms. The fraction of sp³-hybridized carbons (Fsp3) is 0.158. The number of hydrogen-bond donors (Lipinski definition) is 5. The largest absolute Gasteiger partial charge is 0.508 e. The molecule has 0 aliphatic heterocycles. The molecule has 0 spiro atoms. The molecular formula is C19H20ClN3O4. The molecule has 8 heteroatoms. The number of phenols is 2. The van der Waals surface area contributed by atoms with Gasteiger partial charge in [0, 0.05) is 35.2 Å². The maximum absolute atomic E-state index is 12.0. The summed E-state index contributed by atoms with van der Waals surface area (Å²) in [6.07, 6.45) is -0.0488. The summed E-state index contributed by atoms with van der Waals surface area (Å²) in [6, 6.07) is 9.10. The third-order valence-corrected chi connectivity index (χ3v) is 3.94. The molecule has 2 aromatic rings. The number of anilines is 1. The van der Waals surface area contributed by atoms with E-state index in [2.05, 4.69) is 22.7 Å². The smallest absolute Gasteiger partial charge is 0.238 e. The molecule has 0 aromatic heterocycles. The van der Waals surface area contributed by atoms with Crippen LogP contribution >= 0.6 is 11.6 Å². The van der Waals surface area contributed by atoms with Crippen LogP contribution in [-0.2, 0) is 9.59 Å². The van der Waals surface area contributed by atoms with E-state index < -0.39 is 5.91 Å². The van der Waals surface area contributed by atoms with Gasteiger partial charge < -0.3 is 15.5 Å². The van der Waals surface area contributed by atoms with Crippen LogP contribution in [0.3, 0.4) is 0 Å². The second-order valence-electron chi connectivity index (χ2n) is 5.86. The van der Waals surface area contributed by atoms with Crippen LogP contribution in [-0.4, -0.2) is 22.0 Å². The Labute approximate surface area is 161 Å². The van der Waals surface area contributed by atoms with Crippen molar-refractivity contribution in [1.29, 1.82) is 0 Å². The summed E-state index contributed by atoms with van der Waals surface area (Å²) in [5.41, 5.74) is 6.99. The van der Waals surface area contributed by atoms with Crippen molar-refractivity contribution in [3.05, 3.63) is 59.1 Å². The minimum Gasteiger partial charge on any atom is -0.508 e. The van der Waals surface area contributed by atoms with Crippen LogP contribution in [0, 0.1) is 6.92 Å². The van der Waals surface area contributed by atoms with Gasteiger partial charge in [-0.25, -0.2) is 0 Å². The van der Waals surface area contributed by atoms with E-state index in [-0.39, 0.29) is 35.9 Å². The number of halogens is 1. The van der Waals surface area contributed by atoms with E-state index in [1.54, 1.807) is 18.2 Å². The highest BCUT2D eigenvalue weighted by molar-refractivity contribution is 6.30. The Bertz CT molecular complexity index is 883. The highest BCUT2D eigenvalue weighted by Gasteiger charge is 2.10. The van der Waals surface area contributed by atoms with Crippen molar-refractivity contribution in [2.45, 2.75) is 19.8 Å². The van der Waals surface area contributed by atoms with Crippen molar-refractivity contribution in [3.63, 3.8) is 0 Å². The van der Waals surface area contributed by atoms with Gasteiger partial charge in [-0.15, -0.1) is 0 Å². The lowest BCUT2D eigenvalue weighted by atomic mass is 10.1. The topological polar surface area (TPSA) is 111 Å². The molecule has 0 bridgehead atoms. The first-order chi connectivity index (χ1) is 12.8. The van der Waals surface area contributed by atoms with Gasteiger partial charge in [-0.1, -0.05) is 18.2 Å².